The molecule has 4 rings (SSSR count). The van der Waals surface area contributed by atoms with Gasteiger partial charge in [-0.2, -0.15) is 0 Å². The standard InChI is InChI=1S/C25H28N4O3/c1-18-14-21(27-20-6-5-7-22(15-20)32-2)16-23(26-18)19-9-12-29(17-19)25(31)10-13-28-11-4-3-8-24(28)30/h3-8,11,14-16,19H,9-10,12-13,17H2,1-2H3,(H,26,27). The van der Waals surface area contributed by atoms with E-state index in [9.17, 15) is 9.59 Å². The van der Waals surface area contributed by atoms with E-state index in [0.29, 0.717) is 26.1 Å². The van der Waals surface area contributed by atoms with Crippen LogP contribution in [0, 0.1) is 6.92 Å². The van der Waals surface area contributed by atoms with E-state index in [2.05, 4.69) is 11.4 Å². The van der Waals surface area contributed by atoms with Crippen LogP contribution in [-0.4, -0.2) is 40.6 Å². The normalized spacial score (nSPS) is 15.6. The molecule has 1 fully saturated rings. The molecule has 0 radical (unpaired) electrons. The number of hydrogen-bond donors (Lipinski definition) is 1. The first-order chi connectivity index (χ1) is 15.5. The Morgan fingerprint density at radius 3 is 2.84 bits per heavy atom. The third-order valence-corrected chi connectivity index (χ3v) is 5.76. The van der Waals surface area contributed by atoms with E-state index in [0.717, 1.165) is 34.9 Å². The van der Waals surface area contributed by atoms with Crippen LogP contribution in [0.3, 0.4) is 0 Å². The Hall–Kier alpha value is -3.61. The van der Waals surface area contributed by atoms with Crippen molar-refractivity contribution in [2.24, 2.45) is 0 Å². The summed E-state index contributed by atoms with van der Waals surface area (Å²) in [6.45, 7) is 3.74. The predicted octanol–water partition coefficient (Wildman–Crippen LogP) is 3.71. The lowest BCUT2D eigenvalue weighted by atomic mass is 10.0. The SMILES string of the molecule is COc1cccc(Nc2cc(C)nc(C3CCN(C(=O)CCn4ccccc4=O)C3)c2)c1. The topological polar surface area (TPSA) is 76.5 Å². The fourth-order valence-electron chi connectivity index (χ4n) is 4.09. The lowest BCUT2D eigenvalue weighted by Crippen LogP contribution is -2.30. The molecular weight excluding hydrogens is 404 g/mol. The Morgan fingerprint density at radius 1 is 1.16 bits per heavy atom. The molecule has 1 unspecified atom stereocenters. The third-order valence-electron chi connectivity index (χ3n) is 5.76. The van der Waals surface area contributed by atoms with Crippen molar-refractivity contribution in [1.82, 2.24) is 14.5 Å². The van der Waals surface area contributed by atoms with Gasteiger partial charge < -0.3 is 19.5 Å². The third kappa shape index (κ3) is 5.17. The van der Waals surface area contributed by atoms with Gasteiger partial charge in [0.1, 0.15) is 5.75 Å². The van der Waals surface area contributed by atoms with Gasteiger partial charge in [0.25, 0.3) is 5.56 Å². The van der Waals surface area contributed by atoms with Crippen molar-refractivity contribution in [3.8, 4) is 5.75 Å². The van der Waals surface area contributed by atoms with Crippen LogP contribution in [0.5, 0.6) is 5.75 Å². The number of pyridine rings is 2. The van der Waals surface area contributed by atoms with Gasteiger partial charge in [0.2, 0.25) is 5.91 Å². The zero-order valence-electron chi connectivity index (χ0n) is 18.5. The van der Waals surface area contributed by atoms with Crippen LogP contribution in [0.2, 0.25) is 0 Å². The van der Waals surface area contributed by atoms with Crippen LogP contribution in [0.15, 0.2) is 65.6 Å². The molecule has 7 heteroatoms. The number of nitrogens with zero attached hydrogens (tertiary/aromatic N) is 3. The van der Waals surface area contributed by atoms with Crippen molar-refractivity contribution in [2.45, 2.75) is 32.2 Å². The number of amides is 1. The number of benzene rings is 1. The molecule has 3 heterocycles. The first kappa shape index (κ1) is 21.6. The van der Waals surface area contributed by atoms with Crippen LogP contribution >= 0.6 is 0 Å². The van der Waals surface area contributed by atoms with Crippen molar-refractivity contribution in [1.29, 1.82) is 0 Å². The van der Waals surface area contributed by atoms with Crippen LogP contribution in [0.25, 0.3) is 0 Å². The van der Waals surface area contributed by atoms with Crippen molar-refractivity contribution in [2.75, 3.05) is 25.5 Å². The number of hydrogen-bond acceptors (Lipinski definition) is 5. The minimum atomic E-state index is -0.0837. The summed E-state index contributed by atoms with van der Waals surface area (Å²) in [7, 11) is 1.65. The molecule has 1 atom stereocenters. The second-order valence-corrected chi connectivity index (χ2v) is 8.09. The maximum atomic E-state index is 12.7. The van der Waals surface area contributed by atoms with E-state index in [1.165, 1.54) is 6.07 Å². The smallest absolute Gasteiger partial charge is 0.250 e. The van der Waals surface area contributed by atoms with E-state index < -0.39 is 0 Å². The van der Waals surface area contributed by atoms with Crippen molar-refractivity contribution >= 4 is 17.3 Å². The number of rotatable bonds is 7. The molecule has 1 aliphatic heterocycles. The van der Waals surface area contributed by atoms with Crippen LogP contribution in [0.1, 0.15) is 30.1 Å². The number of anilines is 2. The molecule has 32 heavy (non-hydrogen) atoms. The Morgan fingerprint density at radius 2 is 2.03 bits per heavy atom. The molecule has 2 aromatic heterocycles. The molecule has 166 valence electrons. The summed E-state index contributed by atoms with van der Waals surface area (Å²) >= 11 is 0. The number of nitrogens with one attached hydrogen (secondary N) is 1. The van der Waals surface area contributed by atoms with Crippen molar-refractivity contribution in [3.05, 3.63) is 82.5 Å². The molecule has 1 aliphatic rings. The molecule has 3 aromatic rings. The second-order valence-electron chi connectivity index (χ2n) is 8.09. The van der Waals surface area contributed by atoms with Gasteiger partial charge in [0, 0.05) is 73.1 Å². The van der Waals surface area contributed by atoms with Gasteiger partial charge in [-0.1, -0.05) is 12.1 Å². The minimum Gasteiger partial charge on any atom is -0.497 e. The number of methoxy groups -OCH3 is 1. The first-order valence-corrected chi connectivity index (χ1v) is 10.8. The molecule has 0 bridgehead atoms. The van der Waals surface area contributed by atoms with E-state index in [4.69, 9.17) is 9.72 Å². The summed E-state index contributed by atoms with van der Waals surface area (Å²) < 4.78 is 6.87. The Balaban J connectivity index is 1.40. The van der Waals surface area contributed by atoms with Gasteiger partial charge in [-0.25, -0.2) is 0 Å². The Labute approximate surface area is 187 Å². The average molecular weight is 433 g/mol. The van der Waals surface area contributed by atoms with Crippen LogP contribution in [0.4, 0.5) is 11.4 Å². The maximum absolute atomic E-state index is 12.7. The number of aromatic nitrogens is 2. The Kier molecular flexibility index (Phi) is 6.54. The quantitative estimate of drug-likeness (QED) is 0.616. The number of ether oxygens (including phenoxy) is 1. The summed E-state index contributed by atoms with van der Waals surface area (Å²) in [6, 6.07) is 16.9. The van der Waals surface area contributed by atoms with E-state index in [1.807, 2.05) is 42.2 Å². The molecule has 1 saturated heterocycles. The van der Waals surface area contributed by atoms with Gasteiger partial charge >= 0.3 is 0 Å². The molecule has 1 N–H and O–H groups in total. The highest BCUT2D eigenvalue weighted by molar-refractivity contribution is 5.76. The molecule has 0 saturated carbocycles. The monoisotopic (exact) mass is 432 g/mol. The highest BCUT2D eigenvalue weighted by Crippen LogP contribution is 2.30. The van der Waals surface area contributed by atoms with E-state index >= 15 is 0 Å². The van der Waals surface area contributed by atoms with Gasteiger partial charge in [-0.05, 0) is 43.7 Å². The zero-order chi connectivity index (χ0) is 22.5. The molecular formula is C25H28N4O3. The first-order valence-electron chi connectivity index (χ1n) is 10.8. The Bertz CT molecular complexity index is 1160. The van der Waals surface area contributed by atoms with Crippen LogP contribution < -0.4 is 15.6 Å². The van der Waals surface area contributed by atoms with Crippen LogP contribution in [-0.2, 0) is 11.3 Å². The molecule has 0 spiro atoms. The summed E-state index contributed by atoms with van der Waals surface area (Å²) in [4.78, 5) is 31.2. The number of carbonyl (C=O) groups is 1. The highest BCUT2D eigenvalue weighted by Gasteiger charge is 2.28. The fraction of sp³-hybridized carbons (Fsp3) is 0.320. The number of aryl methyl sites for hydroxylation is 2. The zero-order valence-corrected chi connectivity index (χ0v) is 18.5. The van der Waals surface area contributed by atoms with E-state index in [-0.39, 0.29) is 17.4 Å². The molecule has 7 nitrogen and oxygen atoms in total. The number of likely N-dealkylation sites (tertiary alicyclic amines) is 1. The minimum absolute atomic E-state index is 0.0747. The lowest BCUT2D eigenvalue weighted by Gasteiger charge is -2.17. The highest BCUT2D eigenvalue weighted by atomic mass is 16.5. The van der Waals surface area contributed by atoms with E-state index in [1.54, 1.807) is 30.0 Å². The average Bonchev–Trinajstić information content (AvgIpc) is 3.29. The van der Waals surface area contributed by atoms with Gasteiger partial charge in [0.05, 0.1) is 7.11 Å². The summed E-state index contributed by atoms with van der Waals surface area (Å²) in [5.41, 5.74) is 3.75. The predicted molar refractivity (Wildman–Crippen MR) is 125 cm³/mol. The summed E-state index contributed by atoms with van der Waals surface area (Å²) in [6.07, 6.45) is 2.92. The van der Waals surface area contributed by atoms with Gasteiger partial charge in [-0.3, -0.25) is 14.6 Å². The molecule has 1 aromatic carbocycles. The lowest BCUT2D eigenvalue weighted by molar-refractivity contribution is -0.130. The van der Waals surface area contributed by atoms with Gasteiger partial charge in [0.15, 0.2) is 0 Å². The van der Waals surface area contributed by atoms with Crippen molar-refractivity contribution in [3.63, 3.8) is 0 Å². The fourth-order valence-corrected chi connectivity index (χ4v) is 4.09. The molecule has 0 aliphatic carbocycles. The summed E-state index contributed by atoms with van der Waals surface area (Å²) in [5, 5.41) is 3.43. The largest absolute Gasteiger partial charge is 0.497 e. The summed E-state index contributed by atoms with van der Waals surface area (Å²) in [5.74, 6) is 1.07. The van der Waals surface area contributed by atoms with Crippen molar-refractivity contribution < 1.29 is 9.53 Å². The molecule has 1 amide bonds. The number of carbonyl (C=O) groups excluding carboxylic acids is 1. The van der Waals surface area contributed by atoms with Gasteiger partial charge in [-0.15, -0.1) is 0 Å². The second kappa shape index (κ2) is 9.68. The maximum Gasteiger partial charge on any atom is 0.250 e.